The second-order valence-electron chi connectivity index (χ2n) is 4.99. The molecule has 0 aliphatic heterocycles. The second kappa shape index (κ2) is 6.53. The normalized spacial score (nSPS) is 18.2. The lowest BCUT2D eigenvalue weighted by atomic mass is 9.95. The minimum Gasteiger partial charge on any atom is -0.387 e. The molecular formula is C15H20N2O. The predicted molar refractivity (Wildman–Crippen MR) is 71.0 cm³/mol. The van der Waals surface area contributed by atoms with Crippen molar-refractivity contribution in [1.29, 1.82) is 5.26 Å². The van der Waals surface area contributed by atoms with Crippen molar-refractivity contribution in [3.05, 3.63) is 35.4 Å². The van der Waals surface area contributed by atoms with Gasteiger partial charge in [0.2, 0.25) is 0 Å². The van der Waals surface area contributed by atoms with Crippen molar-refractivity contribution in [2.75, 3.05) is 6.54 Å². The van der Waals surface area contributed by atoms with Gasteiger partial charge in [0.15, 0.2) is 0 Å². The molecule has 0 heterocycles. The standard InChI is InChI=1S/C15H20N2O/c16-10-12-6-8-13(9-7-12)15(18)11-17-14-4-2-1-3-5-14/h6-9,14-15,17-18H,1-5,11H2. The SMILES string of the molecule is N#Cc1ccc(C(O)CNC2CCCCC2)cc1. The summed E-state index contributed by atoms with van der Waals surface area (Å²) in [5.74, 6) is 0. The van der Waals surface area contributed by atoms with Crippen LogP contribution in [-0.4, -0.2) is 17.7 Å². The van der Waals surface area contributed by atoms with Crippen molar-refractivity contribution in [3.8, 4) is 6.07 Å². The fourth-order valence-corrected chi connectivity index (χ4v) is 2.48. The molecule has 0 bridgehead atoms. The van der Waals surface area contributed by atoms with E-state index in [1.807, 2.05) is 12.1 Å². The van der Waals surface area contributed by atoms with Crippen LogP contribution in [0, 0.1) is 11.3 Å². The van der Waals surface area contributed by atoms with E-state index in [0.717, 1.165) is 5.56 Å². The second-order valence-corrected chi connectivity index (χ2v) is 4.99. The highest BCUT2D eigenvalue weighted by Crippen LogP contribution is 2.19. The minimum atomic E-state index is -0.486. The molecule has 2 rings (SSSR count). The molecule has 1 aromatic carbocycles. The summed E-state index contributed by atoms with van der Waals surface area (Å²) in [7, 11) is 0. The molecule has 1 aromatic rings. The zero-order chi connectivity index (χ0) is 12.8. The number of hydrogen-bond donors (Lipinski definition) is 2. The van der Waals surface area contributed by atoms with Crippen LogP contribution in [0.5, 0.6) is 0 Å². The maximum absolute atomic E-state index is 10.1. The van der Waals surface area contributed by atoms with Gasteiger partial charge in [0, 0.05) is 12.6 Å². The van der Waals surface area contributed by atoms with E-state index in [1.165, 1.54) is 32.1 Å². The molecule has 18 heavy (non-hydrogen) atoms. The summed E-state index contributed by atoms with van der Waals surface area (Å²) >= 11 is 0. The molecule has 0 radical (unpaired) electrons. The van der Waals surface area contributed by atoms with Crippen LogP contribution < -0.4 is 5.32 Å². The Morgan fingerprint density at radius 3 is 2.50 bits per heavy atom. The zero-order valence-corrected chi connectivity index (χ0v) is 10.6. The van der Waals surface area contributed by atoms with Gasteiger partial charge in [-0.2, -0.15) is 5.26 Å². The van der Waals surface area contributed by atoms with Crippen LogP contribution in [0.2, 0.25) is 0 Å². The lowest BCUT2D eigenvalue weighted by Crippen LogP contribution is -2.34. The summed E-state index contributed by atoms with van der Waals surface area (Å²) in [6.07, 6.45) is 5.89. The predicted octanol–water partition coefficient (Wildman–Crippen LogP) is 2.51. The van der Waals surface area contributed by atoms with E-state index in [1.54, 1.807) is 12.1 Å². The molecule has 1 atom stereocenters. The quantitative estimate of drug-likeness (QED) is 0.855. The lowest BCUT2D eigenvalue weighted by Gasteiger charge is -2.24. The number of nitrogens with one attached hydrogen (secondary N) is 1. The fourth-order valence-electron chi connectivity index (χ4n) is 2.48. The van der Waals surface area contributed by atoms with Crippen LogP contribution >= 0.6 is 0 Å². The molecule has 1 fully saturated rings. The van der Waals surface area contributed by atoms with Gasteiger partial charge in [0.25, 0.3) is 0 Å². The first-order chi connectivity index (χ1) is 8.79. The van der Waals surface area contributed by atoms with Crippen molar-refractivity contribution in [2.24, 2.45) is 0 Å². The highest BCUT2D eigenvalue weighted by Gasteiger charge is 2.14. The largest absolute Gasteiger partial charge is 0.387 e. The topological polar surface area (TPSA) is 56.0 Å². The average Bonchev–Trinajstić information content (AvgIpc) is 2.46. The van der Waals surface area contributed by atoms with E-state index in [4.69, 9.17) is 5.26 Å². The van der Waals surface area contributed by atoms with Crippen molar-refractivity contribution >= 4 is 0 Å². The Morgan fingerprint density at radius 2 is 1.89 bits per heavy atom. The molecule has 3 nitrogen and oxygen atoms in total. The van der Waals surface area contributed by atoms with Crippen molar-refractivity contribution in [1.82, 2.24) is 5.32 Å². The summed E-state index contributed by atoms with van der Waals surface area (Å²) < 4.78 is 0. The Bertz CT molecular complexity index is 401. The summed E-state index contributed by atoms with van der Waals surface area (Å²) in [5.41, 5.74) is 1.50. The maximum Gasteiger partial charge on any atom is 0.0991 e. The van der Waals surface area contributed by atoms with Crippen molar-refractivity contribution < 1.29 is 5.11 Å². The van der Waals surface area contributed by atoms with Gasteiger partial charge in [-0.05, 0) is 30.5 Å². The van der Waals surface area contributed by atoms with Crippen LogP contribution in [0.4, 0.5) is 0 Å². The third-order valence-corrected chi connectivity index (χ3v) is 3.63. The molecule has 1 aliphatic carbocycles. The van der Waals surface area contributed by atoms with Crippen LogP contribution in [0.15, 0.2) is 24.3 Å². The maximum atomic E-state index is 10.1. The number of rotatable bonds is 4. The zero-order valence-electron chi connectivity index (χ0n) is 10.6. The van der Waals surface area contributed by atoms with E-state index in [-0.39, 0.29) is 0 Å². The van der Waals surface area contributed by atoms with E-state index >= 15 is 0 Å². The number of benzene rings is 1. The first-order valence-corrected chi connectivity index (χ1v) is 6.71. The highest BCUT2D eigenvalue weighted by atomic mass is 16.3. The average molecular weight is 244 g/mol. The minimum absolute atomic E-state index is 0.486. The third-order valence-electron chi connectivity index (χ3n) is 3.63. The molecule has 3 heteroatoms. The molecule has 0 aromatic heterocycles. The number of nitrogens with zero attached hydrogens (tertiary/aromatic N) is 1. The van der Waals surface area contributed by atoms with Crippen molar-refractivity contribution in [2.45, 2.75) is 44.2 Å². The molecule has 0 amide bonds. The number of nitriles is 1. The first kappa shape index (κ1) is 13.1. The molecule has 1 unspecified atom stereocenters. The molecule has 0 saturated heterocycles. The van der Waals surface area contributed by atoms with Gasteiger partial charge >= 0.3 is 0 Å². The van der Waals surface area contributed by atoms with Crippen LogP contribution in [0.25, 0.3) is 0 Å². The smallest absolute Gasteiger partial charge is 0.0991 e. The Balaban J connectivity index is 1.83. The fraction of sp³-hybridized carbons (Fsp3) is 0.533. The van der Waals surface area contributed by atoms with Crippen LogP contribution in [-0.2, 0) is 0 Å². The summed E-state index contributed by atoms with van der Waals surface area (Å²) in [4.78, 5) is 0. The summed E-state index contributed by atoms with van der Waals surface area (Å²) in [5, 5.41) is 22.2. The number of aliphatic hydroxyl groups is 1. The third kappa shape index (κ3) is 3.56. The molecule has 0 spiro atoms. The van der Waals surface area contributed by atoms with Crippen LogP contribution in [0.3, 0.4) is 0 Å². The molecule has 1 saturated carbocycles. The molecule has 1 aliphatic rings. The molecular weight excluding hydrogens is 224 g/mol. The van der Waals surface area contributed by atoms with Crippen LogP contribution in [0.1, 0.15) is 49.3 Å². The Kier molecular flexibility index (Phi) is 4.74. The summed E-state index contributed by atoms with van der Waals surface area (Å²) in [6.45, 7) is 0.594. The van der Waals surface area contributed by atoms with Gasteiger partial charge in [-0.15, -0.1) is 0 Å². The Hall–Kier alpha value is -1.37. The number of aliphatic hydroxyl groups excluding tert-OH is 1. The van der Waals surface area contributed by atoms with Crippen molar-refractivity contribution in [3.63, 3.8) is 0 Å². The lowest BCUT2D eigenvalue weighted by molar-refractivity contribution is 0.165. The van der Waals surface area contributed by atoms with E-state index < -0.39 is 6.10 Å². The molecule has 2 N–H and O–H groups in total. The van der Waals surface area contributed by atoms with E-state index in [9.17, 15) is 5.11 Å². The first-order valence-electron chi connectivity index (χ1n) is 6.71. The van der Waals surface area contributed by atoms with Gasteiger partial charge in [0.1, 0.15) is 0 Å². The Morgan fingerprint density at radius 1 is 1.22 bits per heavy atom. The van der Waals surface area contributed by atoms with Gasteiger partial charge in [0.05, 0.1) is 17.7 Å². The molecule has 96 valence electrons. The van der Waals surface area contributed by atoms with Gasteiger partial charge in [-0.25, -0.2) is 0 Å². The van der Waals surface area contributed by atoms with Gasteiger partial charge in [-0.1, -0.05) is 31.4 Å². The summed E-state index contributed by atoms with van der Waals surface area (Å²) in [6, 6.07) is 9.79. The monoisotopic (exact) mass is 244 g/mol. The van der Waals surface area contributed by atoms with E-state index in [0.29, 0.717) is 18.2 Å². The van der Waals surface area contributed by atoms with Gasteiger partial charge < -0.3 is 10.4 Å². The number of hydrogen-bond acceptors (Lipinski definition) is 3. The Labute approximate surface area is 108 Å². The van der Waals surface area contributed by atoms with E-state index in [2.05, 4.69) is 11.4 Å². The van der Waals surface area contributed by atoms with Gasteiger partial charge in [-0.3, -0.25) is 0 Å². The highest BCUT2D eigenvalue weighted by molar-refractivity contribution is 5.32.